The number of hydrogen-bond donors (Lipinski definition) is 1. The average Bonchev–Trinajstić information content (AvgIpc) is 3.64. The van der Waals surface area contributed by atoms with Crippen LogP contribution in [0.25, 0.3) is 22.4 Å². The highest BCUT2D eigenvalue weighted by atomic mass is 35.5. The second-order valence-corrected chi connectivity index (χ2v) is 19.9. The fourth-order valence-electron chi connectivity index (χ4n) is 5.41. The van der Waals surface area contributed by atoms with E-state index in [0.29, 0.717) is 41.1 Å². The second kappa shape index (κ2) is 11.4. The Morgan fingerprint density at radius 2 is 1.70 bits per heavy atom. The van der Waals surface area contributed by atoms with Gasteiger partial charge in [-0.3, -0.25) is 4.57 Å². The number of benzene rings is 1. The minimum Gasteiger partial charge on any atom is -0.456 e. The number of aromatic nitrogens is 3. The first-order valence-corrected chi connectivity index (χ1v) is 19.0. The Hall–Kier alpha value is -2.03. The zero-order valence-corrected chi connectivity index (χ0v) is 27.7. The topological polar surface area (TPSA) is 106 Å². The summed E-state index contributed by atoms with van der Waals surface area (Å²) >= 11 is 6.78. The van der Waals surface area contributed by atoms with Crippen LogP contribution < -0.4 is 10.2 Å². The normalized spacial score (nSPS) is 26.4. The average molecular weight is 630 g/mol. The molecule has 1 N–H and O–H groups in total. The van der Waals surface area contributed by atoms with Crippen molar-refractivity contribution in [1.82, 2.24) is 14.5 Å². The molecule has 0 amide bonds. The maximum Gasteiger partial charge on any atom is 0.494 e. The van der Waals surface area contributed by atoms with E-state index in [0.717, 1.165) is 17.1 Å². The van der Waals surface area contributed by atoms with Gasteiger partial charge in [-0.1, -0.05) is 55.5 Å². The van der Waals surface area contributed by atoms with E-state index < -0.39 is 44.7 Å². The summed E-state index contributed by atoms with van der Waals surface area (Å²) in [5.41, 5.74) is 2.74. The third kappa shape index (κ3) is 6.13. The van der Waals surface area contributed by atoms with Gasteiger partial charge < -0.3 is 33.4 Å². The van der Waals surface area contributed by atoms with Crippen molar-refractivity contribution in [3.63, 3.8) is 0 Å². The van der Waals surface area contributed by atoms with Crippen molar-refractivity contribution in [2.24, 2.45) is 0 Å². The Morgan fingerprint density at radius 1 is 1.02 bits per heavy atom. The van der Waals surface area contributed by atoms with Crippen molar-refractivity contribution in [1.29, 1.82) is 0 Å². The molecule has 1 unspecified atom stereocenters. The summed E-state index contributed by atoms with van der Waals surface area (Å²) < 4.78 is 38.3. The predicted molar refractivity (Wildman–Crippen MR) is 168 cm³/mol. The quantitative estimate of drug-likeness (QED) is 0.274. The van der Waals surface area contributed by atoms with Crippen LogP contribution in [0.15, 0.2) is 30.3 Å². The lowest BCUT2D eigenvalue weighted by atomic mass is 9.79. The molecule has 0 spiro atoms. The SMILES string of the molecule is CC1(C)OB(c2ccc(-c3nc4c(cc3Cl)nc(O[C@@H]3CO[C@@H]5C(O)CO[C@@H]53)n4COCC[Si](C)(C)C)cc2)OC1(C)C. The Morgan fingerprint density at radius 3 is 2.37 bits per heavy atom. The monoisotopic (exact) mass is 629 g/mol. The molecule has 0 bridgehead atoms. The zero-order chi connectivity index (χ0) is 30.7. The molecule has 0 aliphatic carbocycles. The molecule has 43 heavy (non-hydrogen) atoms. The van der Waals surface area contributed by atoms with Gasteiger partial charge in [0.2, 0.25) is 0 Å². The minimum absolute atomic E-state index is 0.219. The Bertz CT molecular complexity index is 1460. The van der Waals surface area contributed by atoms with Gasteiger partial charge in [-0.2, -0.15) is 4.98 Å². The van der Waals surface area contributed by atoms with Crippen LogP contribution in [0, 0.1) is 0 Å². The van der Waals surface area contributed by atoms with Gasteiger partial charge in [-0.05, 0) is 45.3 Å². The van der Waals surface area contributed by atoms with Crippen molar-refractivity contribution >= 4 is 43.4 Å². The highest BCUT2D eigenvalue weighted by Crippen LogP contribution is 2.37. The first-order valence-electron chi connectivity index (χ1n) is 14.9. The van der Waals surface area contributed by atoms with E-state index in [1.54, 1.807) is 6.07 Å². The van der Waals surface area contributed by atoms with E-state index in [-0.39, 0.29) is 19.4 Å². The number of hydrogen-bond acceptors (Lipinski definition) is 9. The molecular formula is C30H41BClN3O7Si. The van der Waals surface area contributed by atoms with E-state index in [4.69, 9.17) is 49.8 Å². The van der Waals surface area contributed by atoms with Gasteiger partial charge >= 0.3 is 13.1 Å². The largest absolute Gasteiger partial charge is 0.494 e. The van der Waals surface area contributed by atoms with E-state index in [2.05, 4.69) is 19.6 Å². The Balaban J connectivity index is 1.29. The van der Waals surface area contributed by atoms with Gasteiger partial charge in [-0.15, -0.1) is 0 Å². The number of halogens is 1. The molecular weight excluding hydrogens is 589 g/mol. The van der Waals surface area contributed by atoms with E-state index >= 15 is 0 Å². The fraction of sp³-hybridized carbons (Fsp3) is 0.600. The van der Waals surface area contributed by atoms with Gasteiger partial charge in [0, 0.05) is 20.2 Å². The number of fused-ring (bicyclic) bond motifs is 2. The van der Waals surface area contributed by atoms with E-state index in [9.17, 15) is 5.11 Å². The molecule has 4 atom stereocenters. The zero-order valence-electron chi connectivity index (χ0n) is 25.9. The van der Waals surface area contributed by atoms with Gasteiger partial charge in [0.1, 0.15) is 30.6 Å². The van der Waals surface area contributed by atoms with Crippen LogP contribution in [0.5, 0.6) is 6.01 Å². The summed E-state index contributed by atoms with van der Waals surface area (Å²) in [6.07, 6.45) is -1.86. The molecule has 3 aromatic rings. The lowest BCUT2D eigenvalue weighted by molar-refractivity contribution is 0.00336. The third-order valence-corrected chi connectivity index (χ3v) is 10.8. The molecule has 0 saturated carbocycles. The van der Waals surface area contributed by atoms with Crippen LogP contribution in [-0.4, -0.2) is 90.3 Å². The number of aliphatic hydroxyl groups is 1. The number of aliphatic hydroxyl groups excluding tert-OH is 1. The van der Waals surface area contributed by atoms with Crippen molar-refractivity contribution < 1.29 is 33.4 Å². The van der Waals surface area contributed by atoms with Crippen LogP contribution in [0.4, 0.5) is 0 Å². The van der Waals surface area contributed by atoms with Crippen LogP contribution in [-0.2, 0) is 30.3 Å². The van der Waals surface area contributed by atoms with Crippen LogP contribution >= 0.6 is 11.6 Å². The number of rotatable bonds is 9. The van der Waals surface area contributed by atoms with Crippen LogP contribution in [0.2, 0.25) is 30.7 Å². The molecule has 10 nitrogen and oxygen atoms in total. The van der Waals surface area contributed by atoms with Crippen LogP contribution in [0.3, 0.4) is 0 Å². The maximum atomic E-state index is 10.2. The lowest BCUT2D eigenvalue weighted by Gasteiger charge is -2.32. The van der Waals surface area contributed by atoms with Gasteiger partial charge in [0.15, 0.2) is 11.8 Å². The molecule has 13 heteroatoms. The number of imidazole rings is 1. The minimum atomic E-state index is -1.28. The third-order valence-electron chi connectivity index (χ3n) is 8.80. The molecule has 3 fully saturated rings. The number of ether oxygens (including phenoxy) is 4. The molecule has 3 aliphatic rings. The maximum absolute atomic E-state index is 10.2. The smallest absolute Gasteiger partial charge is 0.456 e. The summed E-state index contributed by atoms with van der Waals surface area (Å²) in [7, 11) is -1.73. The molecule has 3 aliphatic heterocycles. The van der Waals surface area contributed by atoms with Crippen molar-refractivity contribution in [2.45, 2.75) is 95.7 Å². The molecule has 2 aromatic heterocycles. The van der Waals surface area contributed by atoms with Crippen molar-refractivity contribution in [2.75, 3.05) is 19.8 Å². The molecule has 0 radical (unpaired) electrons. The summed E-state index contributed by atoms with van der Waals surface area (Å²) in [5.74, 6) is 0. The Kier molecular flexibility index (Phi) is 8.21. The molecule has 3 saturated heterocycles. The van der Waals surface area contributed by atoms with E-state index in [1.165, 1.54) is 0 Å². The number of pyridine rings is 1. The van der Waals surface area contributed by atoms with Gasteiger partial charge in [-0.25, -0.2) is 4.98 Å². The number of nitrogens with zero attached hydrogens (tertiary/aromatic N) is 3. The first kappa shape index (κ1) is 31.0. The standard InChI is InChI=1S/C30H41BClN3O7Si/c1-29(2)30(3,4)42-31(41-29)19-10-8-18(9-11-19)24-20(32)14-21-27(34-24)35(17-37-12-13-43(5,6)7)28(33-21)40-23-16-39-25-22(36)15-38-26(23)25/h8-11,14,22-23,25-26,36H,12-13,15-17H2,1-7H3/t22?,23-,25-,26-/m1/s1. The summed E-state index contributed by atoms with van der Waals surface area (Å²) in [6.45, 7) is 16.5. The molecule has 5 heterocycles. The van der Waals surface area contributed by atoms with Crippen molar-refractivity contribution in [3.8, 4) is 17.3 Å². The highest BCUT2D eigenvalue weighted by Gasteiger charge is 2.52. The Labute approximate surface area is 259 Å². The summed E-state index contributed by atoms with van der Waals surface area (Å²) in [6, 6.07) is 11.1. The lowest BCUT2D eigenvalue weighted by Crippen LogP contribution is -2.41. The van der Waals surface area contributed by atoms with E-state index in [1.807, 2.05) is 56.5 Å². The fourth-order valence-corrected chi connectivity index (χ4v) is 6.42. The van der Waals surface area contributed by atoms with Gasteiger partial charge in [0.05, 0.1) is 35.1 Å². The summed E-state index contributed by atoms with van der Waals surface area (Å²) in [4.78, 5) is 9.71. The van der Waals surface area contributed by atoms with Gasteiger partial charge in [0.25, 0.3) is 0 Å². The summed E-state index contributed by atoms with van der Waals surface area (Å²) in [5, 5.41) is 10.6. The highest BCUT2D eigenvalue weighted by molar-refractivity contribution is 6.76. The van der Waals surface area contributed by atoms with Crippen molar-refractivity contribution in [3.05, 3.63) is 35.4 Å². The molecule has 232 valence electrons. The first-order chi connectivity index (χ1) is 20.2. The molecule has 6 rings (SSSR count). The van der Waals surface area contributed by atoms with Crippen LogP contribution in [0.1, 0.15) is 27.7 Å². The molecule has 1 aromatic carbocycles. The predicted octanol–water partition coefficient (Wildman–Crippen LogP) is 4.27. The second-order valence-electron chi connectivity index (χ2n) is 13.9.